The Balaban J connectivity index is 2.06. The fourth-order valence-electron chi connectivity index (χ4n) is 2.11. The molecule has 2 rings (SSSR count). The molecular formula is C15H21ClN4S. The first-order valence-electron chi connectivity index (χ1n) is 7.13. The number of rotatable bonds is 7. The Bertz CT molecular complexity index is 572. The fourth-order valence-corrected chi connectivity index (χ4v) is 3.00. The second kappa shape index (κ2) is 7.73. The molecule has 0 radical (unpaired) electrons. The smallest absolute Gasteiger partial charge is 0.134 e. The summed E-state index contributed by atoms with van der Waals surface area (Å²) in [6, 6.07) is 8.19. The summed E-state index contributed by atoms with van der Waals surface area (Å²) in [5.74, 6) is 0. The normalized spacial score (nSPS) is 12.6. The highest BCUT2D eigenvalue weighted by Crippen LogP contribution is 2.28. The lowest BCUT2D eigenvalue weighted by Gasteiger charge is -2.25. The van der Waals surface area contributed by atoms with E-state index in [0.717, 1.165) is 40.8 Å². The Morgan fingerprint density at radius 1 is 1.38 bits per heavy atom. The number of aromatic nitrogens is 2. The molecule has 114 valence electrons. The Labute approximate surface area is 135 Å². The van der Waals surface area contributed by atoms with Crippen LogP contribution in [0.4, 0.5) is 5.00 Å². The van der Waals surface area contributed by atoms with E-state index in [4.69, 9.17) is 11.6 Å². The molecule has 1 aromatic carbocycles. The van der Waals surface area contributed by atoms with Crippen molar-refractivity contribution in [1.29, 1.82) is 0 Å². The van der Waals surface area contributed by atoms with Crippen molar-refractivity contribution in [1.82, 2.24) is 14.5 Å². The highest BCUT2D eigenvalue weighted by Gasteiger charge is 2.17. The zero-order valence-electron chi connectivity index (χ0n) is 12.6. The van der Waals surface area contributed by atoms with Gasteiger partial charge in [0.15, 0.2) is 0 Å². The lowest BCUT2D eigenvalue weighted by molar-refractivity contribution is 0.250. The molecule has 0 saturated carbocycles. The molecule has 0 saturated heterocycles. The van der Waals surface area contributed by atoms with E-state index >= 15 is 0 Å². The van der Waals surface area contributed by atoms with Crippen LogP contribution in [-0.2, 0) is 6.54 Å². The van der Waals surface area contributed by atoms with E-state index in [1.54, 1.807) is 0 Å². The second-order valence-corrected chi connectivity index (χ2v) is 6.25. The Hall–Kier alpha value is -1.17. The van der Waals surface area contributed by atoms with Crippen molar-refractivity contribution >= 4 is 28.1 Å². The minimum absolute atomic E-state index is 0.222. The van der Waals surface area contributed by atoms with Crippen molar-refractivity contribution in [3.8, 4) is 0 Å². The monoisotopic (exact) mass is 324 g/mol. The molecule has 0 aliphatic carbocycles. The molecule has 0 amide bonds. The number of nitrogens with one attached hydrogen (secondary N) is 1. The lowest BCUT2D eigenvalue weighted by Crippen LogP contribution is -2.23. The Morgan fingerprint density at radius 2 is 2.14 bits per heavy atom. The highest BCUT2D eigenvalue weighted by atomic mass is 35.5. The van der Waals surface area contributed by atoms with Crippen LogP contribution < -0.4 is 5.32 Å². The third kappa shape index (κ3) is 4.15. The molecule has 4 nitrogen and oxygen atoms in total. The second-order valence-electron chi connectivity index (χ2n) is 5.09. The van der Waals surface area contributed by atoms with Crippen LogP contribution in [0.2, 0.25) is 5.02 Å². The molecule has 0 aliphatic heterocycles. The predicted molar refractivity (Wildman–Crippen MR) is 90.0 cm³/mol. The third-order valence-electron chi connectivity index (χ3n) is 3.51. The molecule has 1 unspecified atom stereocenters. The fraction of sp³-hybridized carbons (Fsp3) is 0.467. The van der Waals surface area contributed by atoms with Crippen LogP contribution >= 0.6 is 23.1 Å². The van der Waals surface area contributed by atoms with Crippen molar-refractivity contribution in [2.24, 2.45) is 0 Å². The predicted octanol–water partition coefficient (Wildman–Crippen LogP) is 4.21. The number of hydrogen-bond acceptors (Lipinski definition) is 5. The van der Waals surface area contributed by atoms with Crippen LogP contribution in [0.15, 0.2) is 24.3 Å². The molecule has 6 heteroatoms. The van der Waals surface area contributed by atoms with Gasteiger partial charge < -0.3 is 5.32 Å². The maximum Gasteiger partial charge on any atom is 0.134 e. The Morgan fingerprint density at radius 3 is 2.86 bits per heavy atom. The average Bonchev–Trinajstić information content (AvgIpc) is 2.92. The molecular weight excluding hydrogens is 304 g/mol. The van der Waals surface area contributed by atoms with E-state index in [0.29, 0.717) is 0 Å². The van der Waals surface area contributed by atoms with Gasteiger partial charge in [-0.05, 0) is 32.0 Å². The Kier molecular flexibility index (Phi) is 5.96. The van der Waals surface area contributed by atoms with Gasteiger partial charge in [0, 0.05) is 35.7 Å². The summed E-state index contributed by atoms with van der Waals surface area (Å²) in [4.78, 5) is 2.23. The third-order valence-corrected chi connectivity index (χ3v) is 4.58. The van der Waals surface area contributed by atoms with Gasteiger partial charge >= 0.3 is 0 Å². The number of anilines is 1. The van der Waals surface area contributed by atoms with Gasteiger partial charge in [0.25, 0.3) is 0 Å². The van der Waals surface area contributed by atoms with Crippen molar-refractivity contribution in [3.63, 3.8) is 0 Å². The molecule has 1 atom stereocenters. The minimum Gasteiger partial charge on any atom is -0.374 e. The topological polar surface area (TPSA) is 41.1 Å². The largest absolute Gasteiger partial charge is 0.374 e. The van der Waals surface area contributed by atoms with Gasteiger partial charge in [-0.25, -0.2) is 0 Å². The van der Waals surface area contributed by atoms with E-state index in [1.807, 2.05) is 18.2 Å². The van der Waals surface area contributed by atoms with Crippen LogP contribution in [-0.4, -0.2) is 28.1 Å². The van der Waals surface area contributed by atoms with E-state index in [9.17, 15) is 0 Å². The highest BCUT2D eigenvalue weighted by molar-refractivity contribution is 7.10. The standard InChI is InChI=1S/C15H21ClN4S/c1-4-9-17-15-14(18-19-21-15)10-20(3)11(2)12-7-5-6-8-13(12)16/h5-8,11,17H,4,9-10H2,1-3H3. The van der Waals surface area contributed by atoms with Crippen molar-refractivity contribution in [2.45, 2.75) is 32.9 Å². The van der Waals surface area contributed by atoms with Crippen LogP contribution in [0.5, 0.6) is 0 Å². The molecule has 1 aromatic heterocycles. The summed E-state index contributed by atoms with van der Waals surface area (Å²) in [6.07, 6.45) is 1.09. The summed E-state index contributed by atoms with van der Waals surface area (Å²) in [7, 11) is 2.08. The number of benzene rings is 1. The van der Waals surface area contributed by atoms with Gasteiger partial charge in [-0.15, -0.1) is 5.10 Å². The molecule has 0 spiro atoms. The van der Waals surface area contributed by atoms with E-state index in [-0.39, 0.29) is 6.04 Å². The first kappa shape index (κ1) is 16.2. The maximum atomic E-state index is 6.28. The maximum absolute atomic E-state index is 6.28. The van der Waals surface area contributed by atoms with Crippen LogP contribution in [0.1, 0.15) is 37.6 Å². The van der Waals surface area contributed by atoms with Gasteiger partial charge in [-0.2, -0.15) is 0 Å². The summed E-state index contributed by atoms with van der Waals surface area (Å²) >= 11 is 7.70. The SMILES string of the molecule is CCCNc1snnc1CN(C)C(C)c1ccccc1Cl. The lowest BCUT2D eigenvalue weighted by atomic mass is 10.1. The zero-order chi connectivity index (χ0) is 15.2. The van der Waals surface area contributed by atoms with Crippen LogP contribution in [0, 0.1) is 0 Å². The van der Waals surface area contributed by atoms with Gasteiger partial charge in [-0.1, -0.05) is 41.2 Å². The van der Waals surface area contributed by atoms with Gasteiger partial charge in [-0.3, -0.25) is 4.90 Å². The molecule has 0 aliphatic rings. The molecule has 0 bridgehead atoms. The van der Waals surface area contributed by atoms with E-state index < -0.39 is 0 Å². The van der Waals surface area contributed by atoms with Crippen molar-refractivity contribution in [3.05, 3.63) is 40.5 Å². The first-order chi connectivity index (χ1) is 10.1. The van der Waals surface area contributed by atoms with Crippen LogP contribution in [0.3, 0.4) is 0 Å². The quantitative estimate of drug-likeness (QED) is 0.828. The van der Waals surface area contributed by atoms with Crippen LogP contribution in [0.25, 0.3) is 0 Å². The summed E-state index contributed by atoms with van der Waals surface area (Å²) in [6.45, 7) is 5.99. The molecule has 1 N–H and O–H groups in total. The average molecular weight is 325 g/mol. The van der Waals surface area contributed by atoms with E-state index in [2.05, 4.69) is 46.8 Å². The van der Waals surface area contributed by atoms with Crippen molar-refractivity contribution < 1.29 is 0 Å². The summed E-state index contributed by atoms with van der Waals surface area (Å²) < 4.78 is 4.05. The number of nitrogens with zero attached hydrogens (tertiary/aromatic N) is 3. The number of halogens is 1. The molecule has 1 heterocycles. The molecule has 0 fully saturated rings. The molecule has 2 aromatic rings. The first-order valence-corrected chi connectivity index (χ1v) is 8.28. The van der Waals surface area contributed by atoms with Gasteiger partial charge in [0.05, 0.1) is 0 Å². The van der Waals surface area contributed by atoms with E-state index in [1.165, 1.54) is 11.5 Å². The van der Waals surface area contributed by atoms with Gasteiger partial charge in [0.2, 0.25) is 0 Å². The summed E-state index contributed by atoms with van der Waals surface area (Å²) in [5.41, 5.74) is 2.13. The number of hydrogen-bond donors (Lipinski definition) is 1. The van der Waals surface area contributed by atoms with Gasteiger partial charge in [0.1, 0.15) is 10.7 Å². The molecule has 21 heavy (non-hydrogen) atoms. The van der Waals surface area contributed by atoms with Crippen molar-refractivity contribution in [2.75, 3.05) is 18.9 Å². The summed E-state index contributed by atoms with van der Waals surface area (Å²) in [5, 5.41) is 9.49. The minimum atomic E-state index is 0.222. The zero-order valence-corrected chi connectivity index (χ0v) is 14.2.